The van der Waals surface area contributed by atoms with Crippen LogP contribution in [0.15, 0.2) is 30.9 Å². The molecule has 1 atom stereocenters. The summed E-state index contributed by atoms with van der Waals surface area (Å²) in [6.45, 7) is 3.29. The monoisotopic (exact) mass is 324 g/mol. The summed E-state index contributed by atoms with van der Waals surface area (Å²) in [4.78, 5) is 33.4. The van der Waals surface area contributed by atoms with Gasteiger partial charge in [0.2, 0.25) is 0 Å². The molecule has 124 valence electrons. The maximum Gasteiger partial charge on any atom is 0.328 e. The van der Waals surface area contributed by atoms with E-state index in [0.29, 0.717) is 0 Å². The van der Waals surface area contributed by atoms with E-state index in [0.717, 1.165) is 6.07 Å². The number of nitro benzene ring substituents is 1. The third-order valence-electron chi connectivity index (χ3n) is 2.76. The van der Waals surface area contributed by atoms with Gasteiger partial charge in [-0.2, -0.15) is 0 Å². The van der Waals surface area contributed by atoms with Gasteiger partial charge in [-0.3, -0.25) is 14.9 Å². The van der Waals surface area contributed by atoms with Crippen molar-refractivity contribution in [1.29, 1.82) is 0 Å². The number of hydrogen-bond donors (Lipinski definition) is 2. The molecule has 0 saturated heterocycles. The zero-order valence-electron chi connectivity index (χ0n) is 12.4. The summed E-state index contributed by atoms with van der Waals surface area (Å²) >= 11 is 0. The zero-order valence-corrected chi connectivity index (χ0v) is 12.4. The van der Waals surface area contributed by atoms with E-state index in [1.54, 1.807) is 0 Å². The van der Waals surface area contributed by atoms with Crippen LogP contribution in [0.2, 0.25) is 0 Å². The molecule has 0 aromatic heterocycles. The van der Waals surface area contributed by atoms with Crippen molar-refractivity contribution in [3.8, 4) is 5.75 Å². The molecule has 0 fully saturated rings. The molecule has 9 heteroatoms. The Labute approximate surface area is 131 Å². The van der Waals surface area contributed by atoms with Gasteiger partial charge in [0.15, 0.2) is 11.8 Å². The van der Waals surface area contributed by atoms with Gasteiger partial charge in [0.1, 0.15) is 0 Å². The van der Waals surface area contributed by atoms with Crippen LogP contribution in [0.4, 0.5) is 5.69 Å². The van der Waals surface area contributed by atoms with Gasteiger partial charge in [-0.05, 0) is 12.1 Å². The lowest BCUT2D eigenvalue weighted by Crippen LogP contribution is -2.44. The Bertz CT molecular complexity index is 615. The van der Waals surface area contributed by atoms with Gasteiger partial charge in [-0.15, -0.1) is 6.58 Å². The van der Waals surface area contributed by atoms with Crippen molar-refractivity contribution in [3.63, 3.8) is 0 Å². The molecule has 0 saturated carbocycles. The molecule has 0 heterocycles. The lowest BCUT2D eigenvalue weighted by molar-refractivity contribution is -0.385. The number of rotatable bonds is 9. The number of carboxylic acids is 1. The smallest absolute Gasteiger partial charge is 0.328 e. The molecule has 0 spiro atoms. The van der Waals surface area contributed by atoms with E-state index >= 15 is 0 Å². The van der Waals surface area contributed by atoms with Crippen molar-refractivity contribution in [3.05, 3.63) is 46.5 Å². The van der Waals surface area contributed by atoms with E-state index in [-0.39, 0.29) is 24.5 Å². The molecule has 1 rings (SSSR count). The highest BCUT2D eigenvalue weighted by molar-refractivity contribution is 5.97. The van der Waals surface area contributed by atoms with Gasteiger partial charge < -0.3 is 19.9 Å². The first-order valence-corrected chi connectivity index (χ1v) is 6.45. The molecule has 0 radical (unpaired) electrons. The molecular formula is C14H16N2O7. The maximum atomic E-state index is 12.1. The van der Waals surface area contributed by atoms with E-state index in [4.69, 9.17) is 14.6 Å². The average molecular weight is 324 g/mol. The first-order chi connectivity index (χ1) is 10.9. The van der Waals surface area contributed by atoms with Crippen LogP contribution in [0.5, 0.6) is 5.75 Å². The summed E-state index contributed by atoms with van der Waals surface area (Å²) in [7, 11) is 1.26. The second-order valence-corrected chi connectivity index (χ2v) is 4.33. The third-order valence-corrected chi connectivity index (χ3v) is 2.76. The predicted molar refractivity (Wildman–Crippen MR) is 79.6 cm³/mol. The van der Waals surface area contributed by atoms with Crippen LogP contribution in [0.25, 0.3) is 0 Å². The minimum atomic E-state index is -1.29. The fourth-order valence-corrected chi connectivity index (χ4v) is 1.66. The van der Waals surface area contributed by atoms with Crippen LogP contribution in [0.3, 0.4) is 0 Å². The Morgan fingerprint density at radius 1 is 1.52 bits per heavy atom. The van der Waals surface area contributed by atoms with Crippen molar-refractivity contribution in [1.82, 2.24) is 5.32 Å². The number of benzene rings is 1. The van der Waals surface area contributed by atoms with Crippen LogP contribution in [0.1, 0.15) is 10.4 Å². The second-order valence-electron chi connectivity index (χ2n) is 4.33. The largest absolute Gasteiger partial charge is 0.490 e. The third kappa shape index (κ3) is 5.08. The summed E-state index contributed by atoms with van der Waals surface area (Å²) in [5, 5.41) is 22.2. The molecule has 0 aliphatic carbocycles. The Hall–Kier alpha value is -2.94. The summed E-state index contributed by atoms with van der Waals surface area (Å²) in [5.41, 5.74) is -0.456. The Kier molecular flexibility index (Phi) is 6.68. The fourth-order valence-electron chi connectivity index (χ4n) is 1.66. The van der Waals surface area contributed by atoms with Gasteiger partial charge in [-0.25, -0.2) is 4.79 Å². The van der Waals surface area contributed by atoms with Gasteiger partial charge in [0, 0.05) is 11.6 Å². The predicted octanol–water partition coefficient (Wildman–Crippen LogP) is 0.989. The SMILES string of the molecule is C=CCOCC(NC(=O)c1ccc(OC)c([N+](=O)[O-])c1)C(=O)O. The molecule has 0 bridgehead atoms. The quantitative estimate of drug-likeness (QED) is 0.300. The van der Waals surface area contributed by atoms with E-state index in [2.05, 4.69) is 11.9 Å². The maximum absolute atomic E-state index is 12.1. The van der Waals surface area contributed by atoms with Crippen LogP contribution in [-0.2, 0) is 9.53 Å². The number of aliphatic carboxylic acids is 1. The molecule has 0 aliphatic rings. The number of carbonyl (C=O) groups excluding carboxylic acids is 1. The van der Waals surface area contributed by atoms with Gasteiger partial charge >= 0.3 is 11.7 Å². The second kappa shape index (κ2) is 8.49. The molecule has 23 heavy (non-hydrogen) atoms. The number of carbonyl (C=O) groups is 2. The summed E-state index contributed by atoms with van der Waals surface area (Å²) in [6.07, 6.45) is 1.44. The lowest BCUT2D eigenvalue weighted by Gasteiger charge is -2.14. The average Bonchev–Trinajstić information content (AvgIpc) is 2.52. The number of amides is 1. The van der Waals surface area contributed by atoms with Gasteiger partial charge in [0.25, 0.3) is 5.91 Å². The normalized spacial score (nSPS) is 11.3. The van der Waals surface area contributed by atoms with E-state index < -0.39 is 28.5 Å². The first-order valence-electron chi connectivity index (χ1n) is 6.45. The number of nitrogens with one attached hydrogen (secondary N) is 1. The molecule has 0 aliphatic heterocycles. The fraction of sp³-hybridized carbons (Fsp3) is 0.286. The zero-order chi connectivity index (χ0) is 17.4. The molecule has 1 aromatic rings. The number of hydrogen-bond acceptors (Lipinski definition) is 6. The standard InChI is InChI=1S/C14H16N2O7/c1-3-6-23-8-10(14(18)19)15-13(17)9-4-5-12(22-2)11(7-9)16(20)21/h3-5,7,10H,1,6,8H2,2H3,(H,15,17)(H,18,19). The highest BCUT2D eigenvalue weighted by Crippen LogP contribution is 2.27. The minimum Gasteiger partial charge on any atom is -0.490 e. The van der Waals surface area contributed by atoms with E-state index in [9.17, 15) is 19.7 Å². The highest BCUT2D eigenvalue weighted by atomic mass is 16.6. The van der Waals surface area contributed by atoms with Crippen LogP contribution in [0, 0.1) is 10.1 Å². The molecule has 2 N–H and O–H groups in total. The van der Waals surface area contributed by atoms with Crippen LogP contribution in [-0.4, -0.2) is 48.3 Å². The Morgan fingerprint density at radius 3 is 2.74 bits per heavy atom. The topological polar surface area (TPSA) is 128 Å². The van der Waals surface area contributed by atoms with Crippen molar-refractivity contribution >= 4 is 17.6 Å². The highest BCUT2D eigenvalue weighted by Gasteiger charge is 2.23. The molecule has 1 aromatic carbocycles. The summed E-state index contributed by atoms with van der Waals surface area (Å²) in [5.74, 6) is -2.06. The van der Waals surface area contributed by atoms with Crippen molar-refractivity contribution < 1.29 is 29.1 Å². The van der Waals surface area contributed by atoms with Gasteiger partial charge in [-0.1, -0.05) is 6.08 Å². The lowest BCUT2D eigenvalue weighted by atomic mass is 10.1. The van der Waals surface area contributed by atoms with Crippen molar-refractivity contribution in [2.45, 2.75) is 6.04 Å². The molecule has 9 nitrogen and oxygen atoms in total. The van der Waals surface area contributed by atoms with Crippen LogP contribution >= 0.6 is 0 Å². The molecule has 1 unspecified atom stereocenters. The van der Waals surface area contributed by atoms with Crippen molar-refractivity contribution in [2.75, 3.05) is 20.3 Å². The summed E-state index contributed by atoms with van der Waals surface area (Å²) < 4.78 is 9.83. The number of carboxylic acid groups (broad SMARTS) is 1. The number of methoxy groups -OCH3 is 1. The number of nitro groups is 1. The Balaban J connectivity index is 2.90. The minimum absolute atomic E-state index is 0.00403. The van der Waals surface area contributed by atoms with E-state index in [1.807, 2.05) is 0 Å². The summed E-state index contributed by atoms with van der Waals surface area (Å²) in [6, 6.07) is 2.28. The Morgan fingerprint density at radius 2 is 2.22 bits per heavy atom. The number of nitrogens with zero attached hydrogens (tertiary/aromatic N) is 1. The molecule has 1 amide bonds. The number of ether oxygens (including phenoxy) is 2. The van der Waals surface area contributed by atoms with Gasteiger partial charge in [0.05, 0.1) is 25.2 Å². The first kappa shape index (κ1) is 18.1. The van der Waals surface area contributed by atoms with Crippen LogP contribution < -0.4 is 10.1 Å². The van der Waals surface area contributed by atoms with Crippen molar-refractivity contribution in [2.24, 2.45) is 0 Å². The van der Waals surface area contributed by atoms with E-state index in [1.165, 1.54) is 25.3 Å². The molecular weight excluding hydrogens is 308 g/mol.